The second kappa shape index (κ2) is 4.95. The Morgan fingerprint density at radius 2 is 2.37 bits per heavy atom. The minimum Gasteiger partial charge on any atom is -0.383 e. The molecule has 2 aromatic rings. The number of fused-ring (bicyclic) bond motifs is 3. The molecule has 2 aromatic heterocycles. The zero-order valence-corrected chi connectivity index (χ0v) is 11.8. The molecular weight excluding hydrogens is 286 g/mol. The first-order chi connectivity index (χ1) is 9.20. The highest BCUT2D eigenvalue weighted by Gasteiger charge is 2.23. The Morgan fingerprint density at radius 3 is 3.16 bits per heavy atom. The number of rotatable bonds is 3. The van der Waals surface area contributed by atoms with Gasteiger partial charge >= 0.3 is 0 Å². The maximum Gasteiger partial charge on any atom is 0.271 e. The molecule has 1 aliphatic heterocycles. The van der Waals surface area contributed by atoms with Gasteiger partial charge in [0.2, 0.25) is 5.91 Å². The van der Waals surface area contributed by atoms with Crippen molar-refractivity contribution >= 4 is 44.9 Å². The number of carbonyl (C=O) groups is 1. The van der Waals surface area contributed by atoms with Crippen molar-refractivity contribution in [2.24, 2.45) is 0 Å². The molecule has 0 bridgehead atoms. The molecule has 0 spiro atoms. The summed E-state index contributed by atoms with van der Waals surface area (Å²) in [7, 11) is 1.59. The molecule has 1 N–H and O–H groups in total. The average molecular weight is 297 g/mol. The highest BCUT2D eigenvalue weighted by atomic mass is 32.2. The van der Waals surface area contributed by atoms with E-state index in [1.807, 2.05) is 0 Å². The predicted octanol–water partition coefficient (Wildman–Crippen LogP) is 1.15. The molecule has 0 aromatic carbocycles. The van der Waals surface area contributed by atoms with Crippen molar-refractivity contribution in [3.63, 3.8) is 0 Å². The van der Waals surface area contributed by atoms with Gasteiger partial charge in [0.25, 0.3) is 5.56 Å². The number of carbonyl (C=O) groups excluding carboxylic acids is 1. The second-order valence-corrected chi connectivity index (χ2v) is 6.28. The topological polar surface area (TPSA) is 73.2 Å². The van der Waals surface area contributed by atoms with Gasteiger partial charge in [0.05, 0.1) is 35.1 Å². The maximum atomic E-state index is 12.3. The van der Waals surface area contributed by atoms with Crippen LogP contribution in [0.5, 0.6) is 0 Å². The fraction of sp³-hybridized carbons (Fsp3) is 0.364. The Kier molecular flexibility index (Phi) is 3.29. The van der Waals surface area contributed by atoms with E-state index in [2.05, 4.69) is 10.3 Å². The molecule has 0 saturated carbocycles. The van der Waals surface area contributed by atoms with E-state index in [-0.39, 0.29) is 11.5 Å². The molecule has 0 saturated heterocycles. The molecule has 0 radical (unpaired) electrons. The van der Waals surface area contributed by atoms with Crippen LogP contribution < -0.4 is 10.9 Å². The van der Waals surface area contributed by atoms with Crippen LogP contribution in [0.1, 0.15) is 0 Å². The maximum absolute atomic E-state index is 12.3. The third-order valence-corrected chi connectivity index (χ3v) is 5.21. The lowest BCUT2D eigenvalue weighted by atomic mass is 10.4. The zero-order valence-electron chi connectivity index (χ0n) is 10.1. The van der Waals surface area contributed by atoms with Gasteiger partial charge in [-0.15, -0.1) is 23.1 Å². The number of thioether (sulfide) groups is 1. The van der Waals surface area contributed by atoms with Crippen LogP contribution in [0.4, 0.5) is 5.69 Å². The Balaban J connectivity index is 2.12. The Hall–Kier alpha value is -1.38. The predicted molar refractivity (Wildman–Crippen MR) is 75.1 cm³/mol. The summed E-state index contributed by atoms with van der Waals surface area (Å²) in [5.41, 5.74) is 1.17. The molecule has 0 fully saturated rings. The number of thiophene rings is 1. The third-order valence-electron chi connectivity index (χ3n) is 2.77. The van der Waals surface area contributed by atoms with Gasteiger partial charge in [-0.3, -0.25) is 14.2 Å². The van der Waals surface area contributed by atoms with Gasteiger partial charge in [-0.05, 0) is 0 Å². The first-order valence-corrected chi connectivity index (χ1v) is 7.44. The van der Waals surface area contributed by atoms with E-state index in [1.165, 1.54) is 34.0 Å². The fourth-order valence-corrected chi connectivity index (χ4v) is 4.03. The summed E-state index contributed by atoms with van der Waals surface area (Å²) in [6.07, 6.45) is 1.50. The van der Waals surface area contributed by atoms with Crippen molar-refractivity contribution in [3.8, 4) is 0 Å². The van der Waals surface area contributed by atoms with Gasteiger partial charge in [-0.2, -0.15) is 0 Å². The molecule has 19 heavy (non-hydrogen) atoms. The van der Waals surface area contributed by atoms with E-state index in [4.69, 9.17) is 4.74 Å². The minimum absolute atomic E-state index is 0.0532. The summed E-state index contributed by atoms with van der Waals surface area (Å²) in [6.45, 7) is 0.935. The van der Waals surface area contributed by atoms with Crippen LogP contribution in [0.2, 0.25) is 0 Å². The van der Waals surface area contributed by atoms with Crippen molar-refractivity contribution in [2.45, 2.75) is 10.8 Å². The lowest BCUT2D eigenvalue weighted by Gasteiger charge is -2.11. The first-order valence-electron chi connectivity index (χ1n) is 5.64. The third kappa shape index (κ3) is 2.15. The van der Waals surface area contributed by atoms with Crippen LogP contribution >= 0.6 is 23.1 Å². The van der Waals surface area contributed by atoms with Gasteiger partial charge in [0.1, 0.15) is 10.2 Å². The first kappa shape index (κ1) is 12.6. The quantitative estimate of drug-likeness (QED) is 0.920. The monoisotopic (exact) mass is 297 g/mol. The Morgan fingerprint density at radius 1 is 1.53 bits per heavy atom. The van der Waals surface area contributed by atoms with Crippen LogP contribution in [-0.4, -0.2) is 34.9 Å². The van der Waals surface area contributed by atoms with Crippen LogP contribution in [0.3, 0.4) is 0 Å². The normalized spacial score (nSPS) is 14.5. The van der Waals surface area contributed by atoms with Crippen molar-refractivity contribution in [1.82, 2.24) is 9.55 Å². The van der Waals surface area contributed by atoms with Gasteiger partial charge in [-0.25, -0.2) is 4.98 Å². The van der Waals surface area contributed by atoms with Crippen molar-refractivity contribution in [1.29, 1.82) is 0 Å². The van der Waals surface area contributed by atoms with Gasteiger partial charge in [0.15, 0.2) is 0 Å². The van der Waals surface area contributed by atoms with Crippen LogP contribution in [-0.2, 0) is 16.1 Å². The van der Waals surface area contributed by atoms with Crippen LogP contribution in [0, 0.1) is 0 Å². The SMILES string of the molecule is COCCn1cnc2c3c(sc2c1=O)SCC(=O)N3. The summed E-state index contributed by atoms with van der Waals surface area (Å²) in [5, 5.41) is 2.79. The van der Waals surface area contributed by atoms with E-state index in [9.17, 15) is 9.59 Å². The number of ether oxygens (including phenoxy) is 1. The van der Waals surface area contributed by atoms with E-state index in [1.54, 1.807) is 7.11 Å². The number of hydrogen-bond acceptors (Lipinski definition) is 6. The van der Waals surface area contributed by atoms with Crippen LogP contribution in [0.25, 0.3) is 10.2 Å². The second-order valence-electron chi connectivity index (χ2n) is 4.02. The molecule has 0 aliphatic carbocycles. The number of aromatic nitrogens is 2. The Bertz CT molecular complexity index is 707. The number of anilines is 1. The number of amides is 1. The highest BCUT2D eigenvalue weighted by molar-refractivity contribution is 8.02. The van der Waals surface area contributed by atoms with Crippen molar-refractivity contribution in [3.05, 3.63) is 16.7 Å². The smallest absolute Gasteiger partial charge is 0.271 e. The average Bonchev–Trinajstić information content (AvgIpc) is 2.77. The summed E-state index contributed by atoms with van der Waals surface area (Å²) < 4.78 is 8.02. The fourth-order valence-electron chi connectivity index (χ4n) is 1.85. The molecule has 6 nitrogen and oxygen atoms in total. The van der Waals surface area contributed by atoms with E-state index < -0.39 is 0 Å². The van der Waals surface area contributed by atoms with Gasteiger partial charge in [0, 0.05) is 7.11 Å². The van der Waals surface area contributed by atoms with Gasteiger partial charge < -0.3 is 10.1 Å². The molecule has 0 atom stereocenters. The van der Waals surface area contributed by atoms with E-state index in [0.29, 0.717) is 34.8 Å². The lowest BCUT2D eigenvalue weighted by molar-refractivity contribution is -0.113. The highest BCUT2D eigenvalue weighted by Crippen LogP contribution is 2.42. The summed E-state index contributed by atoms with van der Waals surface area (Å²) in [5.74, 6) is 0.333. The van der Waals surface area contributed by atoms with Gasteiger partial charge in [-0.1, -0.05) is 0 Å². The molecule has 8 heteroatoms. The molecular formula is C11H11N3O3S2. The van der Waals surface area contributed by atoms with E-state index >= 15 is 0 Å². The Labute approximate surface area is 116 Å². The van der Waals surface area contributed by atoms with Crippen molar-refractivity contribution < 1.29 is 9.53 Å². The lowest BCUT2D eigenvalue weighted by Crippen LogP contribution is -2.22. The number of hydrogen-bond donors (Lipinski definition) is 1. The van der Waals surface area contributed by atoms with E-state index in [0.717, 1.165) is 4.21 Å². The number of nitrogens with one attached hydrogen (secondary N) is 1. The molecule has 3 rings (SSSR count). The minimum atomic E-state index is -0.0868. The molecule has 3 heterocycles. The van der Waals surface area contributed by atoms with Crippen LogP contribution in [0.15, 0.2) is 15.3 Å². The standard InChI is InChI=1S/C11H11N3O3S2/c1-17-3-2-14-5-12-7-8-11(18-4-6(15)13-8)19-9(7)10(14)16/h5H,2-4H2,1H3,(H,13,15). The summed E-state index contributed by atoms with van der Waals surface area (Å²) in [4.78, 5) is 28.0. The molecule has 100 valence electrons. The molecule has 0 unspecified atom stereocenters. The molecule has 1 amide bonds. The largest absolute Gasteiger partial charge is 0.383 e. The number of nitrogens with zero attached hydrogens (tertiary/aromatic N) is 2. The van der Waals surface area contributed by atoms with Crippen molar-refractivity contribution in [2.75, 3.05) is 24.8 Å². The zero-order chi connectivity index (χ0) is 13.4. The number of methoxy groups -OCH3 is 1. The summed E-state index contributed by atoms with van der Waals surface area (Å²) >= 11 is 2.84. The summed E-state index contributed by atoms with van der Waals surface area (Å²) in [6, 6.07) is 0. The molecule has 1 aliphatic rings.